The first-order valence-corrected chi connectivity index (χ1v) is 7.24. The summed E-state index contributed by atoms with van der Waals surface area (Å²) in [6.45, 7) is 3.32. The highest BCUT2D eigenvalue weighted by atomic mass is 32.2. The largest absolute Gasteiger partial charge is 0.381 e. The fourth-order valence-corrected chi connectivity index (χ4v) is 2.34. The van der Waals surface area contributed by atoms with Gasteiger partial charge >= 0.3 is 0 Å². The molecule has 0 aliphatic carbocycles. The number of hydrogen-bond donors (Lipinski definition) is 1. The van der Waals surface area contributed by atoms with Crippen LogP contribution in [0.5, 0.6) is 0 Å². The van der Waals surface area contributed by atoms with Crippen LogP contribution in [0, 0.1) is 5.82 Å². The lowest BCUT2D eigenvalue weighted by molar-refractivity contribution is 0.133. The Morgan fingerprint density at radius 1 is 1.44 bits per heavy atom. The van der Waals surface area contributed by atoms with Crippen LogP contribution < -0.4 is 4.72 Å². The van der Waals surface area contributed by atoms with Gasteiger partial charge in [-0.05, 0) is 25.0 Å². The smallest absolute Gasteiger partial charge is 0.261 e. The third-order valence-corrected chi connectivity index (χ3v) is 3.48. The van der Waals surface area contributed by atoms with Crippen molar-refractivity contribution in [1.29, 1.82) is 0 Å². The van der Waals surface area contributed by atoms with E-state index in [1.54, 1.807) is 0 Å². The summed E-state index contributed by atoms with van der Waals surface area (Å²) >= 11 is 0. The van der Waals surface area contributed by atoms with Gasteiger partial charge in [0.25, 0.3) is 10.0 Å². The molecular formula is C11H17FN2O3S. The van der Waals surface area contributed by atoms with E-state index in [2.05, 4.69) is 9.71 Å². The van der Waals surface area contributed by atoms with Crippen molar-refractivity contribution >= 4 is 10.0 Å². The Labute approximate surface area is 106 Å². The molecule has 0 aliphatic heterocycles. The first-order valence-electron chi connectivity index (χ1n) is 5.76. The van der Waals surface area contributed by atoms with Gasteiger partial charge in [0.1, 0.15) is 0 Å². The normalized spacial score (nSPS) is 11.7. The second-order valence-electron chi connectivity index (χ2n) is 3.65. The molecule has 0 amide bonds. The number of halogens is 1. The SMILES string of the molecule is CCCOCCCNS(=O)(=O)c1ncccc1F. The lowest BCUT2D eigenvalue weighted by atomic mass is 10.4. The molecule has 5 nitrogen and oxygen atoms in total. The lowest BCUT2D eigenvalue weighted by Gasteiger charge is -2.06. The van der Waals surface area contributed by atoms with Crippen LogP contribution in [0.25, 0.3) is 0 Å². The van der Waals surface area contributed by atoms with E-state index in [9.17, 15) is 12.8 Å². The molecule has 0 fully saturated rings. The van der Waals surface area contributed by atoms with Crippen molar-refractivity contribution in [2.45, 2.75) is 24.8 Å². The molecule has 1 aromatic heterocycles. The lowest BCUT2D eigenvalue weighted by Crippen LogP contribution is -2.27. The molecule has 1 aromatic rings. The Kier molecular flexibility index (Phi) is 6.17. The van der Waals surface area contributed by atoms with Crippen molar-refractivity contribution in [1.82, 2.24) is 9.71 Å². The molecule has 0 bridgehead atoms. The van der Waals surface area contributed by atoms with E-state index in [-0.39, 0.29) is 6.54 Å². The molecule has 1 rings (SSSR count). The molecule has 1 heterocycles. The van der Waals surface area contributed by atoms with Crippen molar-refractivity contribution in [2.75, 3.05) is 19.8 Å². The Balaban J connectivity index is 2.44. The number of ether oxygens (including phenoxy) is 1. The highest BCUT2D eigenvalue weighted by Gasteiger charge is 2.19. The van der Waals surface area contributed by atoms with Crippen molar-refractivity contribution < 1.29 is 17.5 Å². The van der Waals surface area contributed by atoms with Gasteiger partial charge in [0, 0.05) is 26.0 Å². The molecule has 102 valence electrons. The molecule has 0 radical (unpaired) electrons. The van der Waals surface area contributed by atoms with E-state index in [4.69, 9.17) is 4.74 Å². The van der Waals surface area contributed by atoms with Crippen molar-refractivity contribution in [2.24, 2.45) is 0 Å². The zero-order chi connectivity index (χ0) is 13.4. The molecule has 0 atom stereocenters. The molecule has 0 spiro atoms. The zero-order valence-electron chi connectivity index (χ0n) is 10.2. The van der Waals surface area contributed by atoms with Gasteiger partial charge in [-0.25, -0.2) is 22.5 Å². The van der Waals surface area contributed by atoms with Gasteiger partial charge in [-0.1, -0.05) is 6.92 Å². The summed E-state index contributed by atoms with van der Waals surface area (Å²) < 4.78 is 44.1. The second-order valence-corrected chi connectivity index (χ2v) is 5.34. The highest BCUT2D eigenvalue weighted by Crippen LogP contribution is 2.09. The number of nitrogens with zero attached hydrogens (tertiary/aromatic N) is 1. The minimum atomic E-state index is -3.88. The Bertz CT molecular complexity index is 465. The van der Waals surface area contributed by atoms with Gasteiger partial charge in [0.15, 0.2) is 5.82 Å². The van der Waals surface area contributed by atoms with Crippen molar-refractivity contribution in [3.63, 3.8) is 0 Å². The van der Waals surface area contributed by atoms with E-state index in [1.807, 2.05) is 6.92 Å². The van der Waals surface area contributed by atoms with Gasteiger partial charge in [0.05, 0.1) is 0 Å². The predicted molar refractivity (Wildman–Crippen MR) is 65.1 cm³/mol. The maximum atomic E-state index is 13.3. The van der Waals surface area contributed by atoms with Crippen molar-refractivity contribution in [3.05, 3.63) is 24.1 Å². The number of pyridine rings is 1. The van der Waals surface area contributed by atoms with Crippen LogP contribution in [-0.2, 0) is 14.8 Å². The molecule has 18 heavy (non-hydrogen) atoms. The van der Waals surface area contributed by atoms with Crippen LogP contribution in [-0.4, -0.2) is 33.2 Å². The standard InChI is InChI=1S/C11H17FN2O3S/c1-2-8-17-9-4-7-14-18(15,16)11-10(12)5-3-6-13-11/h3,5-6,14H,2,4,7-9H2,1H3. The number of nitrogens with one attached hydrogen (secondary N) is 1. The van der Waals surface area contributed by atoms with Gasteiger partial charge in [0.2, 0.25) is 5.03 Å². The van der Waals surface area contributed by atoms with Gasteiger partial charge in [-0.3, -0.25) is 0 Å². The summed E-state index contributed by atoms with van der Waals surface area (Å²) in [7, 11) is -3.88. The van der Waals surface area contributed by atoms with Crippen LogP contribution in [0.2, 0.25) is 0 Å². The first-order chi connectivity index (χ1) is 8.58. The maximum Gasteiger partial charge on any atom is 0.261 e. The van der Waals surface area contributed by atoms with Crippen LogP contribution in [0.4, 0.5) is 4.39 Å². The Morgan fingerprint density at radius 2 is 2.22 bits per heavy atom. The molecule has 0 aromatic carbocycles. The average Bonchev–Trinajstić information content (AvgIpc) is 2.34. The predicted octanol–water partition coefficient (Wildman–Crippen LogP) is 1.32. The van der Waals surface area contributed by atoms with Crippen LogP contribution in [0.15, 0.2) is 23.4 Å². The van der Waals surface area contributed by atoms with Crippen molar-refractivity contribution in [3.8, 4) is 0 Å². The third-order valence-electron chi connectivity index (χ3n) is 2.09. The van der Waals surface area contributed by atoms with E-state index in [0.29, 0.717) is 19.6 Å². The number of sulfonamides is 1. The van der Waals surface area contributed by atoms with Gasteiger partial charge in [-0.15, -0.1) is 0 Å². The topological polar surface area (TPSA) is 68.3 Å². The molecular weight excluding hydrogens is 259 g/mol. The molecule has 1 N–H and O–H groups in total. The van der Waals surface area contributed by atoms with Crippen LogP contribution in [0.3, 0.4) is 0 Å². The molecule has 0 aliphatic rings. The minimum Gasteiger partial charge on any atom is -0.381 e. The van der Waals surface area contributed by atoms with Crippen LogP contribution >= 0.6 is 0 Å². The monoisotopic (exact) mass is 276 g/mol. The van der Waals surface area contributed by atoms with E-state index >= 15 is 0 Å². The summed E-state index contributed by atoms with van der Waals surface area (Å²) in [5, 5.41) is -0.570. The van der Waals surface area contributed by atoms with E-state index < -0.39 is 20.9 Å². The summed E-state index contributed by atoms with van der Waals surface area (Å²) in [6.07, 6.45) is 2.69. The fourth-order valence-electron chi connectivity index (χ4n) is 1.26. The van der Waals surface area contributed by atoms with Crippen LogP contribution in [0.1, 0.15) is 19.8 Å². The van der Waals surface area contributed by atoms with Gasteiger partial charge < -0.3 is 4.74 Å². The highest BCUT2D eigenvalue weighted by molar-refractivity contribution is 7.89. The summed E-state index contributed by atoms with van der Waals surface area (Å²) in [4.78, 5) is 3.52. The van der Waals surface area contributed by atoms with E-state index in [1.165, 1.54) is 12.3 Å². The number of hydrogen-bond acceptors (Lipinski definition) is 4. The second kappa shape index (κ2) is 7.40. The molecule has 7 heteroatoms. The zero-order valence-corrected chi connectivity index (χ0v) is 11.0. The minimum absolute atomic E-state index is 0.196. The molecule has 0 unspecified atom stereocenters. The molecule has 0 saturated carbocycles. The third kappa shape index (κ3) is 4.67. The first kappa shape index (κ1) is 15.0. The average molecular weight is 276 g/mol. The summed E-state index contributed by atoms with van der Waals surface area (Å²) in [5.74, 6) is -0.854. The Morgan fingerprint density at radius 3 is 2.89 bits per heavy atom. The number of aromatic nitrogens is 1. The summed E-state index contributed by atoms with van der Waals surface area (Å²) in [5.41, 5.74) is 0. The fraction of sp³-hybridized carbons (Fsp3) is 0.545. The van der Waals surface area contributed by atoms with E-state index in [0.717, 1.165) is 12.5 Å². The quantitative estimate of drug-likeness (QED) is 0.727. The Hall–Kier alpha value is -1.05. The maximum absolute atomic E-state index is 13.3. The summed E-state index contributed by atoms with van der Waals surface area (Å²) in [6, 6.07) is 2.40. The molecule has 0 saturated heterocycles. The number of rotatable bonds is 8. The van der Waals surface area contributed by atoms with Gasteiger partial charge in [-0.2, -0.15) is 0 Å².